The zero-order chi connectivity index (χ0) is 18.4. The maximum Gasteiger partial charge on any atom is 0.277 e. The van der Waals surface area contributed by atoms with Gasteiger partial charge >= 0.3 is 0 Å². The zero-order valence-electron chi connectivity index (χ0n) is 13.7. The summed E-state index contributed by atoms with van der Waals surface area (Å²) in [5.74, 6) is 0. The van der Waals surface area contributed by atoms with E-state index in [-0.39, 0.29) is 10.8 Å². The Kier molecular flexibility index (Phi) is 2.58. The standard InChI is InChI=1S/C22H8O4S/c23-17-14-8-12-6-11-5-9-3-1-2-4-10(9)7-13(11)21-15(12)22(27-21)16(14)18(24)20(26)19(17)25/h1-8H. The summed E-state index contributed by atoms with van der Waals surface area (Å²) >= 11 is 1.40. The third-order valence-corrected chi connectivity index (χ3v) is 6.55. The molecule has 1 aliphatic heterocycles. The van der Waals surface area contributed by atoms with Crippen molar-refractivity contribution in [1.82, 2.24) is 0 Å². The molecule has 0 N–H and O–H groups in total. The second-order valence-corrected chi connectivity index (χ2v) is 7.79. The fraction of sp³-hybridized carbons (Fsp3) is 0. The van der Waals surface area contributed by atoms with Crippen molar-refractivity contribution < 1.29 is 0 Å². The third-order valence-electron chi connectivity index (χ3n) is 5.31. The molecular formula is C22H8O4S. The predicted molar refractivity (Wildman–Crippen MR) is 108 cm³/mol. The van der Waals surface area contributed by atoms with Crippen LogP contribution in [0.2, 0.25) is 0 Å². The lowest BCUT2D eigenvalue weighted by atomic mass is 9.96. The monoisotopic (exact) mass is 368 g/mol. The van der Waals surface area contributed by atoms with E-state index in [1.807, 2.05) is 24.3 Å². The molecule has 0 spiro atoms. The minimum atomic E-state index is -1.24. The van der Waals surface area contributed by atoms with Gasteiger partial charge in [-0.2, -0.15) is 0 Å². The van der Waals surface area contributed by atoms with Crippen molar-refractivity contribution in [1.29, 1.82) is 0 Å². The SMILES string of the molecule is O=c1c(=O)c(=O)c2c3c4c(c5cc6ccccc6cc5cc4cc2c1=O)S3. The summed E-state index contributed by atoms with van der Waals surface area (Å²) in [6.45, 7) is 0. The van der Waals surface area contributed by atoms with Crippen LogP contribution in [0.4, 0.5) is 0 Å². The molecule has 5 aromatic carbocycles. The van der Waals surface area contributed by atoms with E-state index >= 15 is 0 Å². The molecule has 0 bridgehead atoms. The highest BCUT2D eigenvalue weighted by molar-refractivity contribution is 8.01. The van der Waals surface area contributed by atoms with Crippen molar-refractivity contribution >= 4 is 54.9 Å². The van der Waals surface area contributed by atoms with Crippen molar-refractivity contribution in [2.75, 3.05) is 0 Å². The van der Waals surface area contributed by atoms with Crippen LogP contribution in [0.5, 0.6) is 0 Å². The predicted octanol–water partition coefficient (Wildman–Crippen LogP) is 3.08. The number of fused-ring (bicyclic) bond motifs is 5. The molecule has 5 aromatic rings. The molecule has 0 fully saturated rings. The Morgan fingerprint density at radius 1 is 0.519 bits per heavy atom. The minimum Gasteiger partial charge on any atom is -0.285 e. The molecule has 0 aliphatic carbocycles. The molecule has 126 valence electrons. The summed E-state index contributed by atoms with van der Waals surface area (Å²) in [5, 5.41) is 6.20. The Bertz CT molecular complexity index is 1720. The maximum absolute atomic E-state index is 12.4. The van der Waals surface area contributed by atoms with Gasteiger partial charge in [-0.3, -0.25) is 19.2 Å². The molecule has 4 nitrogen and oxygen atoms in total. The van der Waals surface area contributed by atoms with Crippen molar-refractivity contribution in [3.05, 3.63) is 89.4 Å². The highest BCUT2D eigenvalue weighted by Crippen LogP contribution is 2.53. The molecule has 0 aromatic heterocycles. The molecule has 0 saturated heterocycles. The first-order valence-electron chi connectivity index (χ1n) is 8.36. The van der Waals surface area contributed by atoms with Crippen LogP contribution in [-0.4, -0.2) is 0 Å². The van der Waals surface area contributed by atoms with E-state index in [0.717, 1.165) is 37.2 Å². The van der Waals surface area contributed by atoms with Gasteiger partial charge in [0.25, 0.3) is 10.9 Å². The first-order chi connectivity index (χ1) is 13.0. The van der Waals surface area contributed by atoms with Crippen LogP contribution in [0.25, 0.3) is 43.1 Å². The van der Waals surface area contributed by atoms with Crippen LogP contribution >= 0.6 is 11.8 Å². The van der Waals surface area contributed by atoms with Crippen LogP contribution in [0.1, 0.15) is 0 Å². The van der Waals surface area contributed by atoms with Crippen molar-refractivity contribution in [3.8, 4) is 0 Å². The van der Waals surface area contributed by atoms with Crippen molar-refractivity contribution in [2.24, 2.45) is 0 Å². The summed E-state index contributed by atoms with van der Waals surface area (Å²) < 4.78 is 0. The normalized spacial score (nSPS) is 12.9. The molecule has 0 unspecified atom stereocenters. The molecule has 27 heavy (non-hydrogen) atoms. The van der Waals surface area contributed by atoms with Crippen LogP contribution in [0.3, 0.4) is 0 Å². The molecule has 0 radical (unpaired) electrons. The molecule has 6 rings (SSSR count). The van der Waals surface area contributed by atoms with E-state index < -0.39 is 21.7 Å². The molecule has 5 heteroatoms. The average Bonchev–Trinajstić information content (AvgIpc) is 2.65. The summed E-state index contributed by atoms with van der Waals surface area (Å²) in [5.41, 5.74) is -4.23. The van der Waals surface area contributed by atoms with E-state index in [0.29, 0.717) is 4.90 Å². The lowest BCUT2D eigenvalue weighted by Crippen LogP contribution is -2.46. The Hall–Kier alpha value is -3.31. The summed E-state index contributed by atoms with van der Waals surface area (Å²) in [6.07, 6.45) is 0. The van der Waals surface area contributed by atoms with Gasteiger partial charge < -0.3 is 0 Å². The molecule has 1 aliphatic rings. The van der Waals surface area contributed by atoms with E-state index in [1.54, 1.807) is 6.07 Å². The Labute approximate surface area is 154 Å². The van der Waals surface area contributed by atoms with E-state index in [2.05, 4.69) is 18.2 Å². The number of rotatable bonds is 0. The first-order valence-corrected chi connectivity index (χ1v) is 9.18. The summed E-state index contributed by atoms with van der Waals surface area (Å²) in [4.78, 5) is 50.0. The number of benzene rings is 5. The lowest BCUT2D eigenvalue weighted by molar-refractivity contribution is 1.36. The van der Waals surface area contributed by atoms with E-state index in [1.165, 1.54) is 11.8 Å². The van der Waals surface area contributed by atoms with Gasteiger partial charge in [0.2, 0.25) is 10.9 Å². The Morgan fingerprint density at radius 2 is 1.15 bits per heavy atom. The van der Waals surface area contributed by atoms with E-state index in [4.69, 9.17) is 0 Å². The summed E-state index contributed by atoms with van der Waals surface area (Å²) in [7, 11) is 0. The van der Waals surface area contributed by atoms with Gasteiger partial charge in [-0.1, -0.05) is 36.0 Å². The Morgan fingerprint density at radius 3 is 1.93 bits per heavy atom. The van der Waals surface area contributed by atoms with E-state index in [9.17, 15) is 19.2 Å². The first kappa shape index (κ1) is 14.8. The highest BCUT2D eigenvalue weighted by atomic mass is 32.2. The van der Waals surface area contributed by atoms with Gasteiger partial charge in [0, 0.05) is 20.6 Å². The Balaban J connectivity index is 1.90. The number of hydrogen-bond acceptors (Lipinski definition) is 5. The van der Waals surface area contributed by atoms with Crippen LogP contribution in [0, 0.1) is 0 Å². The maximum atomic E-state index is 12.4. The lowest BCUT2D eigenvalue weighted by Gasteiger charge is -2.23. The molecule has 0 saturated carbocycles. The minimum absolute atomic E-state index is 0.0467. The molecule has 1 heterocycles. The molecule has 0 amide bonds. The summed E-state index contributed by atoms with van der Waals surface area (Å²) in [6, 6.07) is 15.8. The molecular weight excluding hydrogens is 360 g/mol. The fourth-order valence-corrected chi connectivity index (χ4v) is 5.30. The average molecular weight is 368 g/mol. The second-order valence-electron chi connectivity index (χ2n) is 6.77. The topological polar surface area (TPSA) is 68.3 Å². The molecule has 0 atom stereocenters. The van der Waals surface area contributed by atoms with Crippen LogP contribution < -0.4 is 21.7 Å². The van der Waals surface area contributed by atoms with Crippen molar-refractivity contribution in [2.45, 2.75) is 9.79 Å². The van der Waals surface area contributed by atoms with Gasteiger partial charge in [-0.05, 0) is 51.2 Å². The largest absolute Gasteiger partial charge is 0.285 e. The second kappa shape index (κ2) is 4.69. The van der Waals surface area contributed by atoms with Crippen molar-refractivity contribution in [3.63, 3.8) is 0 Å². The highest BCUT2D eigenvalue weighted by Gasteiger charge is 2.28. The van der Waals surface area contributed by atoms with Gasteiger partial charge in [0.15, 0.2) is 0 Å². The van der Waals surface area contributed by atoms with Gasteiger partial charge in [0.1, 0.15) is 0 Å². The van der Waals surface area contributed by atoms with Gasteiger partial charge in [-0.15, -0.1) is 0 Å². The van der Waals surface area contributed by atoms with Crippen LogP contribution in [-0.2, 0) is 0 Å². The fourth-order valence-electron chi connectivity index (χ4n) is 4.01. The third kappa shape index (κ3) is 1.70. The van der Waals surface area contributed by atoms with Gasteiger partial charge in [0.05, 0.1) is 5.39 Å². The van der Waals surface area contributed by atoms with Crippen LogP contribution in [0.15, 0.2) is 77.5 Å². The quantitative estimate of drug-likeness (QED) is 0.304. The van der Waals surface area contributed by atoms with Gasteiger partial charge in [-0.25, -0.2) is 0 Å². The zero-order valence-corrected chi connectivity index (χ0v) is 14.5. The smallest absolute Gasteiger partial charge is 0.277 e. The number of hydrogen-bond donors (Lipinski definition) is 0.